The first-order valence-corrected chi connectivity index (χ1v) is 7.07. The molecular weight excluding hydrogens is 262 g/mol. The van der Waals surface area contributed by atoms with Gasteiger partial charge in [0.25, 0.3) is 5.91 Å². The molecule has 1 rings (SSSR count). The standard InChI is InChI=1S/C14H19NO3S/c1-5-10-18-12-9-7-6-8-11(12)13(16)15-19(17)14(2,3)4/h5-9H,1,10H2,2-4H3,(H,15,16). The van der Waals surface area contributed by atoms with Gasteiger partial charge in [0, 0.05) is 0 Å². The minimum Gasteiger partial charge on any atom is -0.489 e. The third-order valence-corrected chi connectivity index (χ3v) is 3.71. The third-order valence-electron chi connectivity index (χ3n) is 2.23. The van der Waals surface area contributed by atoms with Gasteiger partial charge in [-0.25, -0.2) is 4.21 Å². The van der Waals surface area contributed by atoms with E-state index in [9.17, 15) is 9.00 Å². The number of rotatable bonds is 5. The van der Waals surface area contributed by atoms with Crippen LogP contribution in [0, 0.1) is 0 Å². The van der Waals surface area contributed by atoms with Gasteiger partial charge in [-0.05, 0) is 32.9 Å². The van der Waals surface area contributed by atoms with Crippen LogP contribution in [-0.2, 0) is 11.0 Å². The number of carbonyl (C=O) groups is 1. The maximum Gasteiger partial charge on any atom is 0.266 e. The van der Waals surface area contributed by atoms with E-state index in [-0.39, 0.29) is 0 Å². The van der Waals surface area contributed by atoms with Gasteiger partial charge in [0.2, 0.25) is 0 Å². The minimum absolute atomic E-state index is 0.312. The van der Waals surface area contributed by atoms with E-state index in [1.54, 1.807) is 51.1 Å². The van der Waals surface area contributed by atoms with Gasteiger partial charge in [-0.15, -0.1) is 0 Å². The molecular formula is C14H19NO3S. The molecule has 0 bridgehead atoms. The number of carbonyl (C=O) groups excluding carboxylic acids is 1. The quantitative estimate of drug-likeness (QED) is 0.843. The maximum atomic E-state index is 12.1. The van der Waals surface area contributed by atoms with Crippen LogP contribution in [-0.4, -0.2) is 21.5 Å². The number of benzene rings is 1. The first kappa shape index (κ1) is 15.4. The van der Waals surface area contributed by atoms with Crippen molar-refractivity contribution in [1.82, 2.24) is 4.72 Å². The summed E-state index contributed by atoms with van der Waals surface area (Å²) in [5.41, 5.74) is 0.363. The van der Waals surface area contributed by atoms with Gasteiger partial charge in [-0.1, -0.05) is 24.8 Å². The molecule has 0 aliphatic heterocycles. The predicted octanol–water partition coefficient (Wildman–Crippen LogP) is 2.44. The zero-order chi connectivity index (χ0) is 14.5. The second kappa shape index (κ2) is 6.52. The van der Waals surface area contributed by atoms with Crippen LogP contribution in [0.5, 0.6) is 5.75 Å². The third kappa shape index (κ3) is 4.52. The predicted molar refractivity (Wildman–Crippen MR) is 77.5 cm³/mol. The first-order valence-electron chi connectivity index (χ1n) is 5.92. The van der Waals surface area contributed by atoms with Crippen molar-refractivity contribution >= 4 is 16.9 Å². The fourth-order valence-corrected chi connectivity index (χ4v) is 1.81. The van der Waals surface area contributed by atoms with Crippen LogP contribution in [0.15, 0.2) is 36.9 Å². The Morgan fingerprint density at radius 1 is 1.42 bits per heavy atom. The first-order chi connectivity index (χ1) is 8.86. The van der Waals surface area contributed by atoms with Crippen molar-refractivity contribution in [2.75, 3.05) is 6.61 Å². The zero-order valence-electron chi connectivity index (χ0n) is 11.4. The van der Waals surface area contributed by atoms with Crippen LogP contribution in [0.4, 0.5) is 0 Å². The highest BCUT2D eigenvalue weighted by atomic mass is 32.2. The van der Waals surface area contributed by atoms with E-state index < -0.39 is 21.6 Å². The van der Waals surface area contributed by atoms with Gasteiger partial charge < -0.3 is 4.74 Å². The Hall–Kier alpha value is -1.62. The Bertz CT molecular complexity index is 492. The number of ether oxygens (including phenoxy) is 1. The van der Waals surface area contributed by atoms with Crippen molar-refractivity contribution < 1.29 is 13.7 Å². The number of hydrogen-bond acceptors (Lipinski definition) is 3. The van der Waals surface area contributed by atoms with E-state index in [2.05, 4.69) is 11.3 Å². The van der Waals surface area contributed by atoms with Crippen molar-refractivity contribution in [3.8, 4) is 5.75 Å². The van der Waals surface area contributed by atoms with E-state index >= 15 is 0 Å². The van der Waals surface area contributed by atoms with Crippen molar-refractivity contribution in [2.45, 2.75) is 25.5 Å². The topological polar surface area (TPSA) is 55.4 Å². The average Bonchev–Trinajstić information content (AvgIpc) is 2.35. The van der Waals surface area contributed by atoms with Gasteiger partial charge in [0.1, 0.15) is 23.3 Å². The Balaban J connectivity index is 2.88. The summed E-state index contributed by atoms with van der Waals surface area (Å²) < 4.78 is 19.3. The molecule has 0 heterocycles. The number of hydrogen-bond donors (Lipinski definition) is 1. The molecule has 0 saturated heterocycles. The second-order valence-corrected chi connectivity index (χ2v) is 6.87. The highest BCUT2D eigenvalue weighted by Crippen LogP contribution is 2.19. The minimum atomic E-state index is -1.46. The number of para-hydroxylation sites is 1. The Morgan fingerprint density at radius 3 is 2.63 bits per heavy atom. The normalized spacial score (nSPS) is 12.6. The Labute approximate surface area is 116 Å². The van der Waals surface area contributed by atoms with Crippen LogP contribution >= 0.6 is 0 Å². The number of amides is 1. The lowest BCUT2D eigenvalue weighted by atomic mass is 10.2. The summed E-state index contributed by atoms with van der Waals surface area (Å²) >= 11 is 0. The lowest BCUT2D eigenvalue weighted by Crippen LogP contribution is -2.37. The molecule has 0 fully saturated rings. The lowest BCUT2D eigenvalue weighted by Gasteiger charge is -2.18. The van der Waals surface area contributed by atoms with Gasteiger partial charge >= 0.3 is 0 Å². The smallest absolute Gasteiger partial charge is 0.266 e. The molecule has 0 saturated carbocycles. The summed E-state index contributed by atoms with van der Waals surface area (Å²) in [5.74, 6) is 0.0405. The molecule has 0 radical (unpaired) electrons. The van der Waals surface area contributed by atoms with E-state index in [4.69, 9.17) is 4.74 Å². The fourth-order valence-electron chi connectivity index (χ4n) is 1.22. The summed E-state index contributed by atoms with van der Waals surface area (Å²) in [6, 6.07) is 6.83. The van der Waals surface area contributed by atoms with E-state index in [0.717, 1.165) is 0 Å². The molecule has 1 unspecified atom stereocenters. The number of nitrogens with one attached hydrogen (secondary N) is 1. The van der Waals surface area contributed by atoms with E-state index in [0.29, 0.717) is 17.9 Å². The van der Waals surface area contributed by atoms with Crippen LogP contribution in [0.1, 0.15) is 31.1 Å². The molecule has 0 aliphatic rings. The molecule has 1 amide bonds. The maximum absolute atomic E-state index is 12.1. The van der Waals surface area contributed by atoms with Crippen LogP contribution in [0.25, 0.3) is 0 Å². The molecule has 1 atom stereocenters. The summed E-state index contributed by atoms with van der Waals surface area (Å²) in [6.07, 6.45) is 1.60. The molecule has 0 aliphatic carbocycles. The fraction of sp³-hybridized carbons (Fsp3) is 0.357. The lowest BCUT2D eigenvalue weighted by molar-refractivity contribution is 0.0978. The Morgan fingerprint density at radius 2 is 2.05 bits per heavy atom. The summed E-state index contributed by atoms with van der Waals surface area (Å²) in [5, 5.41) is 0. The largest absolute Gasteiger partial charge is 0.489 e. The SMILES string of the molecule is C=CCOc1ccccc1C(=O)NS(=O)C(C)(C)C. The van der Waals surface area contributed by atoms with Crippen molar-refractivity contribution in [1.29, 1.82) is 0 Å². The van der Waals surface area contributed by atoms with Crippen LogP contribution < -0.4 is 9.46 Å². The summed E-state index contributed by atoms with van der Waals surface area (Å²) in [4.78, 5) is 12.1. The molecule has 1 aromatic rings. The van der Waals surface area contributed by atoms with Crippen molar-refractivity contribution in [3.05, 3.63) is 42.5 Å². The molecule has 0 aromatic heterocycles. The summed E-state index contributed by atoms with van der Waals surface area (Å²) in [6.45, 7) is 9.25. The van der Waals surface area contributed by atoms with E-state index in [1.165, 1.54) is 0 Å². The highest BCUT2D eigenvalue weighted by Gasteiger charge is 2.23. The van der Waals surface area contributed by atoms with Gasteiger partial charge in [-0.2, -0.15) is 0 Å². The highest BCUT2D eigenvalue weighted by molar-refractivity contribution is 7.85. The monoisotopic (exact) mass is 281 g/mol. The molecule has 104 valence electrons. The average molecular weight is 281 g/mol. The van der Waals surface area contributed by atoms with Gasteiger partial charge in [-0.3, -0.25) is 9.52 Å². The molecule has 4 nitrogen and oxygen atoms in total. The van der Waals surface area contributed by atoms with Crippen LogP contribution in [0.3, 0.4) is 0 Å². The Kier molecular flexibility index (Phi) is 5.30. The van der Waals surface area contributed by atoms with Crippen LogP contribution in [0.2, 0.25) is 0 Å². The van der Waals surface area contributed by atoms with E-state index in [1.807, 2.05) is 0 Å². The van der Waals surface area contributed by atoms with Gasteiger partial charge in [0.05, 0.1) is 10.3 Å². The molecule has 0 spiro atoms. The molecule has 1 aromatic carbocycles. The molecule has 19 heavy (non-hydrogen) atoms. The van der Waals surface area contributed by atoms with Crippen molar-refractivity contribution in [2.24, 2.45) is 0 Å². The summed E-state index contributed by atoms with van der Waals surface area (Å²) in [7, 11) is -1.46. The molecule has 5 heteroatoms. The zero-order valence-corrected chi connectivity index (χ0v) is 12.3. The second-order valence-electron chi connectivity index (χ2n) is 4.91. The molecule has 1 N–H and O–H groups in total. The van der Waals surface area contributed by atoms with Crippen molar-refractivity contribution in [3.63, 3.8) is 0 Å². The van der Waals surface area contributed by atoms with Gasteiger partial charge in [0.15, 0.2) is 0 Å².